The van der Waals surface area contributed by atoms with Gasteiger partial charge >= 0.3 is 5.69 Å². The fourth-order valence-corrected chi connectivity index (χ4v) is 1.72. The van der Waals surface area contributed by atoms with Gasteiger partial charge in [-0.1, -0.05) is 12.1 Å². The predicted molar refractivity (Wildman–Crippen MR) is 66.7 cm³/mol. The van der Waals surface area contributed by atoms with Crippen molar-refractivity contribution in [2.45, 2.75) is 6.54 Å². The van der Waals surface area contributed by atoms with Gasteiger partial charge in [0.25, 0.3) is 5.56 Å². The highest BCUT2D eigenvalue weighted by molar-refractivity contribution is 5.76. The summed E-state index contributed by atoms with van der Waals surface area (Å²) in [5.74, 6) is 0. The fourth-order valence-electron chi connectivity index (χ4n) is 1.72. The number of benzene rings is 1. The lowest BCUT2D eigenvalue weighted by molar-refractivity contribution is 0.0860. The molecule has 0 aliphatic heterocycles. The molecule has 6 nitrogen and oxygen atoms in total. The van der Waals surface area contributed by atoms with Crippen molar-refractivity contribution in [2.24, 2.45) is 0 Å². The van der Waals surface area contributed by atoms with Crippen molar-refractivity contribution in [1.29, 1.82) is 0 Å². The van der Waals surface area contributed by atoms with Gasteiger partial charge in [0.2, 0.25) is 0 Å². The summed E-state index contributed by atoms with van der Waals surface area (Å²) in [6, 6.07) is 6.85. The summed E-state index contributed by atoms with van der Waals surface area (Å²) in [7, 11) is 0. The second-order valence-corrected chi connectivity index (χ2v) is 3.77. The average molecular weight is 250 g/mol. The topological polar surface area (TPSA) is 84.3 Å². The molecule has 0 saturated carbocycles. The van der Waals surface area contributed by atoms with E-state index in [0.717, 1.165) is 4.57 Å². The molecule has 18 heavy (non-hydrogen) atoms. The molecule has 1 aromatic carbocycles. The lowest BCUT2D eigenvalue weighted by atomic mass is 10.2. The van der Waals surface area contributed by atoms with Gasteiger partial charge < -0.3 is 14.8 Å². The Bertz CT molecular complexity index is 644. The van der Waals surface area contributed by atoms with E-state index < -0.39 is 5.69 Å². The molecule has 0 amide bonds. The largest absolute Gasteiger partial charge is 0.394 e. The monoisotopic (exact) mass is 250 g/mol. The number of hydrogen-bond donors (Lipinski definition) is 2. The predicted octanol–water partition coefficient (Wildman–Crippen LogP) is -0.301. The third-order valence-corrected chi connectivity index (χ3v) is 2.58. The first kappa shape index (κ1) is 12.5. The number of ether oxygens (including phenoxy) is 1. The van der Waals surface area contributed by atoms with Crippen molar-refractivity contribution in [3.63, 3.8) is 0 Å². The van der Waals surface area contributed by atoms with Gasteiger partial charge in [0.1, 0.15) is 0 Å². The molecule has 96 valence electrons. The minimum Gasteiger partial charge on any atom is -0.394 e. The molecular formula is C12H14N2O4. The summed E-state index contributed by atoms with van der Waals surface area (Å²) >= 11 is 0. The van der Waals surface area contributed by atoms with Gasteiger partial charge in [-0.3, -0.25) is 9.36 Å². The summed E-state index contributed by atoms with van der Waals surface area (Å²) in [6.45, 7) is 0.490. The molecule has 1 heterocycles. The number of aliphatic hydroxyl groups is 1. The lowest BCUT2D eigenvalue weighted by Crippen LogP contribution is -2.36. The van der Waals surface area contributed by atoms with E-state index in [1.807, 2.05) is 0 Å². The summed E-state index contributed by atoms with van der Waals surface area (Å²) in [4.78, 5) is 26.4. The Morgan fingerprint density at radius 2 is 2.00 bits per heavy atom. The molecule has 0 saturated heterocycles. The Hall–Kier alpha value is -1.92. The molecule has 2 rings (SSSR count). The maximum Gasteiger partial charge on any atom is 0.328 e. The molecule has 2 N–H and O–H groups in total. The zero-order valence-corrected chi connectivity index (χ0v) is 9.76. The molecule has 0 aliphatic rings. The van der Waals surface area contributed by atoms with E-state index in [2.05, 4.69) is 4.98 Å². The number of aromatic amines is 1. The molecule has 0 unspecified atom stereocenters. The summed E-state index contributed by atoms with van der Waals surface area (Å²) in [6.07, 6.45) is 0. The van der Waals surface area contributed by atoms with Gasteiger partial charge in [0.15, 0.2) is 0 Å². The lowest BCUT2D eigenvalue weighted by Gasteiger charge is -2.06. The van der Waals surface area contributed by atoms with Crippen LogP contribution in [0.1, 0.15) is 0 Å². The van der Waals surface area contributed by atoms with Crippen molar-refractivity contribution in [3.8, 4) is 0 Å². The van der Waals surface area contributed by atoms with Crippen LogP contribution in [0.5, 0.6) is 0 Å². The van der Waals surface area contributed by atoms with Crippen LogP contribution >= 0.6 is 0 Å². The van der Waals surface area contributed by atoms with E-state index in [1.54, 1.807) is 24.3 Å². The first-order chi connectivity index (χ1) is 8.74. The highest BCUT2D eigenvalue weighted by Crippen LogP contribution is 2.02. The number of aliphatic hydroxyl groups excluding tert-OH is 1. The molecule has 0 atom stereocenters. The van der Waals surface area contributed by atoms with Crippen LogP contribution in [-0.4, -0.2) is 34.5 Å². The van der Waals surface area contributed by atoms with Crippen LogP contribution < -0.4 is 11.2 Å². The second kappa shape index (κ2) is 5.61. The van der Waals surface area contributed by atoms with Gasteiger partial charge in [0, 0.05) is 0 Å². The summed E-state index contributed by atoms with van der Waals surface area (Å²) in [5.41, 5.74) is -0.256. The Balaban J connectivity index is 2.33. The first-order valence-electron chi connectivity index (χ1n) is 5.64. The molecule has 0 aliphatic carbocycles. The second-order valence-electron chi connectivity index (χ2n) is 3.77. The summed E-state index contributed by atoms with van der Waals surface area (Å²) in [5, 5.41) is 9.02. The fraction of sp³-hybridized carbons (Fsp3) is 0.333. The van der Waals surface area contributed by atoms with E-state index in [-0.39, 0.29) is 31.9 Å². The van der Waals surface area contributed by atoms with Gasteiger partial charge in [-0.25, -0.2) is 4.79 Å². The standard InChI is InChI=1S/C12H14N2O4/c15-6-8-18-7-5-14-11(16)9-3-1-2-4-10(9)13-12(14)17/h1-4,15H,5-8H2,(H,13,17). The van der Waals surface area contributed by atoms with Gasteiger partial charge in [-0.15, -0.1) is 0 Å². The average Bonchev–Trinajstić information content (AvgIpc) is 2.38. The Morgan fingerprint density at radius 1 is 1.22 bits per heavy atom. The van der Waals surface area contributed by atoms with E-state index in [9.17, 15) is 9.59 Å². The first-order valence-corrected chi connectivity index (χ1v) is 5.64. The zero-order valence-electron chi connectivity index (χ0n) is 9.76. The number of fused-ring (bicyclic) bond motifs is 1. The smallest absolute Gasteiger partial charge is 0.328 e. The van der Waals surface area contributed by atoms with Crippen LogP contribution in [0.4, 0.5) is 0 Å². The van der Waals surface area contributed by atoms with Crippen LogP contribution in [0.15, 0.2) is 33.9 Å². The third kappa shape index (κ3) is 2.49. The molecule has 6 heteroatoms. The van der Waals surface area contributed by atoms with E-state index in [1.165, 1.54) is 0 Å². The van der Waals surface area contributed by atoms with Crippen molar-refractivity contribution in [2.75, 3.05) is 19.8 Å². The number of rotatable bonds is 5. The normalized spacial score (nSPS) is 10.9. The third-order valence-electron chi connectivity index (χ3n) is 2.58. The van der Waals surface area contributed by atoms with Crippen molar-refractivity contribution in [3.05, 3.63) is 45.1 Å². The molecule has 0 radical (unpaired) electrons. The van der Waals surface area contributed by atoms with Crippen LogP contribution in [0.3, 0.4) is 0 Å². The number of aromatic nitrogens is 2. The number of nitrogens with zero attached hydrogens (tertiary/aromatic N) is 1. The highest BCUT2D eigenvalue weighted by atomic mass is 16.5. The van der Waals surface area contributed by atoms with Crippen LogP contribution in [-0.2, 0) is 11.3 Å². The molecule has 0 spiro atoms. The van der Waals surface area contributed by atoms with Crippen LogP contribution in [0, 0.1) is 0 Å². The SMILES string of the molecule is O=c1[nH]c2ccccc2c(=O)n1CCOCCO. The maximum absolute atomic E-state index is 12.1. The van der Waals surface area contributed by atoms with E-state index in [0.29, 0.717) is 10.9 Å². The highest BCUT2D eigenvalue weighted by Gasteiger charge is 2.06. The number of nitrogens with one attached hydrogen (secondary N) is 1. The minimum absolute atomic E-state index is 0.0804. The van der Waals surface area contributed by atoms with E-state index in [4.69, 9.17) is 9.84 Å². The molecule has 0 fully saturated rings. The van der Waals surface area contributed by atoms with Gasteiger partial charge in [-0.2, -0.15) is 0 Å². The minimum atomic E-state index is -0.453. The van der Waals surface area contributed by atoms with Crippen molar-refractivity contribution >= 4 is 10.9 Å². The molecular weight excluding hydrogens is 236 g/mol. The Labute approximate surface area is 102 Å². The Kier molecular flexibility index (Phi) is 3.91. The van der Waals surface area contributed by atoms with Crippen LogP contribution in [0.25, 0.3) is 10.9 Å². The quantitative estimate of drug-likeness (QED) is 0.713. The van der Waals surface area contributed by atoms with Crippen LogP contribution in [0.2, 0.25) is 0 Å². The van der Waals surface area contributed by atoms with Gasteiger partial charge in [-0.05, 0) is 12.1 Å². The number of para-hydroxylation sites is 1. The Morgan fingerprint density at radius 3 is 2.78 bits per heavy atom. The van der Waals surface area contributed by atoms with E-state index >= 15 is 0 Å². The van der Waals surface area contributed by atoms with Crippen molar-refractivity contribution in [1.82, 2.24) is 9.55 Å². The molecule has 1 aromatic heterocycles. The molecule has 0 bridgehead atoms. The number of H-pyrrole nitrogens is 1. The maximum atomic E-state index is 12.1. The summed E-state index contributed by atoms with van der Waals surface area (Å²) < 4.78 is 6.14. The zero-order chi connectivity index (χ0) is 13.0. The molecule has 2 aromatic rings. The number of hydrogen-bond acceptors (Lipinski definition) is 4. The van der Waals surface area contributed by atoms with Crippen molar-refractivity contribution < 1.29 is 9.84 Å². The van der Waals surface area contributed by atoms with Gasteiger partial charge in [0.05, 0.1) is 37.3 Å².